The minimum absolute atomic E-state index is 0.233. The Kier molecular flexibility index (Phi) is 3.21. The number of hydrogen-bond acceptors (Lipinski definition) is 4. The van der Waals surface area contributed by atoms with Crippen molar-refractivity contribution in [3.05, 3.63) is 15.8 Å². The average Bonchev–Trinajstić information content (AvgIpc) is 2.50. The van der Waals surface area contributed by atoms with Crippen LogP contribution in [-0.2, 0) is 14.4 Å². The maximum atomic E-state index is 10.9. The fraction of sp³-hybridized carbons (Fsp3) is 0. The minimum atomic E-state index is -1.80. The standard InChI is InChI=1S/C7H4ClNO4S/c8-5-3(1-2-14-5)9-6(11)4(10)7(12)13/h1-2H,(H,9,11)(H,12,13). The largest absolute Gasteiger partial charge is 0.475 e. The summed E-state index contributed by atoms with van der Waals surface area (Å²) in [7, 11) is 0. The van der Waals surface area contributed by atoms with E-state index in [0.29, 0.717) is 0 Å². The van der Waals surface area contributed by atoms with Crippen molar-refractivity contribution in [2.45, 2.75) is 0 Å². The van der Waals surface area contributed by atoms with Crippen LogP contribution in [0.25, 0.3) is 0 Å². The summed E-state index contributed by atoms with van der Waals surface area (Å²) in [5.41, 5.74) is 0.233. The number of hydrogen-bond donors (Lipinski definition) is 2. The number of rotatable bonds is 3. The lowest BCUT2D eigenvalue weighted by atomic mass is 10.3. The number of amides is 1. The molecule has 1 heterocycles. The number of thiophene rings is 1. The van der Waals surface area contributed by atoms with Gasteiger partial charge in [-0.2, -0.15) is 0 Å². The van der Waals surface area contributed by atoms with Crippen LogP contribution in [0, 0.1) is 0 Å². The number of carboxylic acids is 1. The Bertz CT molecular complexity index is 400. The molecule has 0 unspecified atom stereocenters. The predicted octanol–water partition coefficient (Wildman–Crippen LogP) is 0.994. The maximum absolute atomic E-state index is 10.9. The highest BCUT2D eigenvalue weighted by atomic mass is 35.5. The Labute approximate surface area is 87.3 Å². The van der Waals surface area contributed by atoms with Crippen LogP contribution in [0.1, 0.15) is 0 Å². The molecule has 1 amide bonds. The summed E-state index contributed by atoms with van der Waals surface area (Å²) in [6, 6.07) is 1.47. The van der Waals surface area contributed by atoms with Gasteiger partial charge in [0.1, 0.15) is 4.34 Å². The lowest BCUT2D eigenvalue weighted by molar-refractivity contribution is -0.152. The van der Waals surface area contributed by atoms with Gasteiger partial charge in [-0.1, -0.05) is 11.6 Å². The van der Waals surface area contributed by atoms with Crippen LogP contribution in [0.2, 0.25) is 4.34 Å². The first kappa shape index (κ1) is 10.7. The molecule has 2 N–H and O–H groups in total. The summed E-state index contributed by atoms with van der Waals surface area (Å²) in [5, 5.41) is 11.9. The molecule has 1 rings (SSSR count). The molecule has 0 atom stereocenters. The van der Waals surface area contributed by atoms with Crippen LogP contribution in [0.5, 0.6) is 0 Å². The molecule has 0 aliphatic rings. The van der Waals surface area contributed by atoms with Gasteiger partial charge in [-0.25, -0.2) is 4.79 Å². The quantitative estimate of drug-likeness (QED) is 0.603. The number of carboxylic acid groups (broad SMARTS) is 1. The molecule has 0 fully saturated rings. The molecule has 1 aromatic rings. The first-order chi connectivity index (χ1) is 6.52. The van der Waals surface area contributed by atoms with E-state index in [0.717, 1.165) is 11.3 Å². The molecule has 0 aromatic carbocycles. The SMILES string of the molecule is O=C(O)C(=O)C(=O)Nc1ccsc1Cl. The molecule has 5 nitrogen and oxygen atoms in total. The summed E-state index contributed by atoms with van der Waals surface area (Å²) in [5.74, 6) is -4.53. The molecule has 0 bridgehead atoms. The predicted molar refractivity (Wildman–Crippen MR) is 50.6 cm³/mol. The normalized spacial score (nSPS) is 9.50. The van der Waals surface area contributed by atoms with Crippen LogP contribution >= 0.6 is 22.9 Å². The molecule has 0 saturated heterocycles. The van der Waals surface area contributed by atoms with Gasteiger partial charge in [0.2, 0.25) is 0 Å². The summed E-state index contributed by atoms with van der Waals surface area (Å²) in [6.07, 6.45) is 0. The molecule has 0 aliphatic carbocycles. The fourth-order valence-corrected chi connectivity index (χ4v) is 1.49. The number of Topliss-reactive ketones (excluding diaryl/α,β-unsaturated/α-hetero) is 1. The van der Waals surface area contributed by atoms with E-state index in [2.05, 4.69) is 5.32 Å². The van der Waals surface area contributed by atoms with Gasteiger partial charge in [-0.15, -0.1) is 11.3 Å². The second-order valence-corrected chi connectivity index (χ2v) is 3.71. The molecular formula is C7H4ClNO4S. The van der Waals surface area contributed by atoms with E-state index in [1.165, 1.54) is 6.07 Å². The van der Waals surface area contributed by atoms with E-state index in [4.69, 9.17) is 16.7 Å². The first-order valence-electron chi connectivity index (χ1n) is 3.34. The average molecular weight is 234 g/mol. The second-order valence-electron chi connectivity index (χ2n) is 2.20. The number of nitrogens with one attached hydrogen (secondary N) is 1. The second kappa shape index (κ2) is 4.21. The van der Waals surface area contributed by atoms with E-state index in [-0.39, 0.29) is 10.0 Å². The van der Waals surface area contributed by atoms with E-state index in [9.17, 15) is 14.4 Å². The number of aliphatic carboxylic acids is 1. The maximum Gasteiger partial charge on any atom is 0.382 e. The van der Waals surface area contributed by atoms with Crippen molar-refractivity contribution in [3.8, 4) is 0 Å². The van der Waals surface area contributed by atoms with E-state index >= 15 is 0 Å². The Morgan fingerprint density at radius 1 is 1.43 bits per heavy atom. The minimum Gasteiger partial charge on any atom is -0.475 e. The van der Waals surface area contributed by atoms with Crippen molar-refractivity contribution in [1.29, 1.82) is 0 Å². The zero-order chi connectivity index (χ0) is 10.7. The monoisotopic (exact) mass is 233 g/mol. The van der Waals surface area contributed by atoms with Crippen LogP contribution in [0.4, 0.5) is 5.69 Å². The van der Waals surface area contributed by atoms with Crippen LogP contribution in [0.3, 0.4) is 0 Å². The Morgan fingerprint density at radius 2 is 2.07 bits per heavy atom. The van der Waals surface area contributed by atoms with Crippen LogP contribution < -0.4 is 5.32 Å². The molecule has 14 heavy (non-hydrogen) atoms. The highest BCUT2D eigenvalue weighted by Crippen LogP contribution is 2.27. The third kappa shape index (κ3) is 2.30. The number of carbonyl (C=O) groups excluding carboxylic acids is 2. The molecule has 0 saturated carbocycles. The van der Waals surface area contributed by atoms with Gasteiger partial charge >= 0.3 is 17.7 Å². The molecule has 74 valence electrons. The Balaban J connectivity index is 2.72. The summed E-state index contributed by atoms with van der Waals surface area (Å²) >= 11 is 6.77. The lowest BCUT2D eigenvalue weighted by Crippen LogP contribution is -2.29. The van der Waals surface area contributed by atoms with Gasteiger partial charge in [-0.3, -0.25) is 9.59 Å². The topological polar surface area (TPSA) is 83.5 Å². The van der Waals surface area contributed by atoms with Crippen molar-refractivity contribution >= 4 is 46.3 Å². The van der Waals surface area contributed by atoms with E-state index in [1.807, 2.05) is 0 Å². The molecule has 0 spiro atoms. The molecule has 1 aromatic heterocycles. The number of anilines is 1. The van der Waals surface area contributed by atoms with Crippen molar-refractivity contribution in [1.82, 2.24) is 0 Å². The van der Waals surface area contributed by atoms with Crippen molar-refractivity contribution in [2.24, 2.45) is 0 Å². The van der Waals surface area contributed by atoms with Gasteiger partial charge in [-0.05, 0) is 11.4 Å². The summed E-state index contributed by atoms with van der Waals surface area (Å²) in [4.78, 5) is 31.7. The van der Waals surface area contributed by atoms with Crippen molar-refractivity contribution < 1.29 is 19.5 Å². The summed E-state index contributed by atoms with van der Waals surface area (Å²) in [6.45, 7) is 0. The third-order valence-electron chi connectivity index (χ3n) is 1.27. The zero-order valence-corrected chi connectivity index (χ0v) is 8.19. The molecule has 0 aliphatic heterocycles. The number of carbonyl (C=O) groups is 3. The number of ketones is 1. The molecule has 0 radical (unpaired) electrons. The lowest BCUT2D eigenvalue weighted by Gasteiger charge is -1.98. The van der Waals surface area contributed by atoms with Crippen LogP contribution in [-0.4, -0.2) is 22.8 Å². The Morgan fingerprint density at radius 3 is 2.50 bits per heavy atom. The van der Waals surface area contributed by atoms with Gasteiger partial charge in [0.15, 0.2) is 0 Å². The van der Waals surface area contributed by atoms with Crippen molar-refractivity contribution in [3.63, 3.8) is 0 Å². The molecule has 7 heteroatoms. The van der Waals surface area contributed by atoms with E-state index < -0.39 is 17.7 Å². The van der Waals surface area contributed by atoms with Gasteiger partial charge < -0.3 is 10.4 Å². The number of halogens is 1. The highest BCUT2D eigenvalue weighted by Gasteiger charge is 2.22. The smallest absolute Gasteiger partial charge is 0.382 e. The van der Waals surface area contributed by atoms with Crippen molar-refractivity contribution in [2.75, 3.05) is 5.32 Å². The summed E-state index contributed by atoms with van der Waals surface area (Å²) < 4.78 is 0.288. The first-order valence-corrected chi connectivity index (χ1v) is 4.59. The zero-order valence-electron chi connectivity index (χ0n) is 6.61. The van der Waals surface area contributed by atoms with Gasteiger partial charge in [0.25, 0.3) is 0 Å². The molecular weight excluding hydrogens is 230 g/mol. The van der Waals surface area contributed by atoms with Crippen LogP contribution in [0.15, 0.2) is 11.4 Å². The third-order valence-corrected chi connectivity index (χ3v) is 2.44. The Hall–Kier alpha value is -1.40. The fourth-order valence-electron chi connectivity index (χ4n) is 0.658. The highest BCUT2D eigenvalue weighted by molar-refractivity contribution is 7.15. The van der Waals surface area contributed by atoms with E-state index in [1.54, 1.807) is 5.38 Å². The van der Waals surface area contributed by atoms with Gasteiger partial charge in [0, 0.05) is 0 Å². The van der Waals surface area contributed by atoms with Gasteiger partial charge in [0.05, 0.1) is 5.69 Å².